The summed E-state index contributed by atoms with van der Waals surface area (Å²) in [5.41, 5.74) is 5.86. The first kappa shape index (κ1) is 17.5. The smallest absolute Gasteiger partial charge is 0.266 e. The summed E-state index contributed by atoms with van der Waals surface area (Å²) in [6.07, 6.45) is 5.24. The molecule has 0 aliphatic rings. The second-order valence-corrected chi connectivity index (χ2v) is 7.91. The highest BCUT2D eigenvalue weighted by Gasteiger charge is 2.14. The van der Waals surface area contributed by atoms with Crippen molar-refractivity contribution >= 4 is 22.4 Å². The van der Waals surface area contributed by atoms with Crippen LogP contribution in [0, 0.1) is 13.8 Å². The van der Waals surface area contributed by atoms with E-state index in [0.29, 0.717) is 9.49 Å². The number of benzene rings is 2. The van der Waals surface area contributed by atoms with Crippen LogP contribution in [-0.4, -0.2) is 24.4 Å². The molecule has 2 aromatic carbocycles. The molecule has 0 spiro atoms. The van der Waals surface area contributed by atoms with Gasteiger partial charge in [0.25, 0.3) is 5.56 Å². The largest absolute Gasteiger partial charge is 0.291 e. The maximum Gasteiger partial charge on any atom is 0.291 e. The van der Waals surface area contributed by atoms with Crippen LogP contribution in [0.3, 0.4) is 0 Å². The highest BCUT2D eigenvalue weighted by molar-refractivity contribution is 7.15. The molecule has 142 valence electrons. The van der Waals surface area contributed by atoms with E-state index in [1.165, 1.54) is 22.2 Å². The maximum absolute atomic E-state index is 12.7. The fraction of sp³-hybridized carbons (Fsp3) is 0.0909. The molecule has 6 nitrogen and oxygen atoms in total. The van der Waals surface area contributed by atoms with Gasteiger partial charge in [0.1, 0.15) is 12.0 Å². The molecule has 5 rings (SSSR count). The monoisotopic (exact) mass is 399 g/mol. The maximum atomic E-state index is 12.7. The highest BCUT2D eigenvalue weighted by atomic mass is 32.1. The van der Waals surface area contributed by atoms with Gasteiger partial charge in [0.2, 0.25) is 4.96 Å². The third-order valence-electron chi connectivity index (χ3n) is 4.82. The molecule has 3 heterocycles. The van der Waals surface area contributed by atoms with Crippen LogP contribution in [0.15, 0.2) is 65.8 Å². The predicted molar refractivity (Wildman–Crippen MR) is 114 cm³/mol. The van der Waals surface area contributed by atoms with Gasteiger partial charge in [0, 0.05) is 17.3 Å². The van der Waals surface area contributed by atoms with E-state index in [9.17, 15) is 4.79 Å². The molecule has 0 saturated carbocycles. The zero-order chi connectivity index (χ0) is 20.0. The first-order valence-corrected chi connectivity index (χ1v) is 9.99. The van der Waals surface area contributed by atoms with Crippen molar-refractivity contribution in [2.24, 2.45) is 0 Å². The molecule has 29 heavy (non-hydrogen) atoms. The molecule has 5 aromatic rings. The second kappa shape index (κ2) is 6.79. The van der Waals surface area contributed by atoms with Gasteiger partial charge in [0.15, 0.2) is 0 Å². The summed E-state index contributed by atoms with van der Waals surface area (Å²) < 4.78 is 3.76. The molecule has 0 N–H and O–H groups in total. The summed E-state index contributed by atoms with van der Waals surface area (Å²) in [6.45, 7) is 4.14. The third-order valence-corrected chi connectivity index (χ3v) is 5.79. The van der Waals surface area contributed by atoms with Crippen molar-refractivity contribution in [2.75, 3.05) is 0 Å². The van der Waals surface area contributed by atoms with E-state index >= 15 is 0 Å². The summed E-state index contributed by atoms with van der Waals surface area (Å²) in [5, 5.41) is 8.87. The van der Waals surface area contributed by atoms with E-state index in [0.717, 1.165) is 33.6 Å². The molecule has 0 atom stereocenters. The number of thiazole rings is 1. The molecule has 0 aliphatic heterocycles. The number of hydrogen-bond donors (Lipinski definition) is 0. The SMILES string of the molecule is Cc1ccc(C)c(-c2nn(-c3ccccc3)cc2/C=c2\sc3ncnn3c2=O)c1. The van der Waals surface area contributed by atoms with Crippen LogP contribution in [-0.2, 0) is 0 Å². The van der Waals surface area contributed by atoms with Crippen LogP contribution in [0.4, 0.5) is 0 Å². The Morgan fingerprint density at radius 3 is 2.69 bits per heavy atom. The summed E-state index contributed by atoms with van der Waals surface area (Å²) in [6, 6.07) is 16.3. The highest BCUT2D eigenvalue weighted by Crippen LogP contribution is 2.28. The average molecular weight is 399 g/mol. The fourth-order valence-electron chi connectivity index (χ4n) is 3.32. The van der Waals surface area contributed by atoms with Gasteiger partial charge < -0.3 is 0 Å². The predicted octanol–water partition coefficient (Wildman–Crippen LogP) is 3.17. The Bertz CT molecular complexity index is 1450. The van der Waals surface area contributed by atoms with E-state index in [4.69, 9.17) is 5.10 Å². The van der Waals surface area contributed by atoms with Crippen LogP contribution in [0.2, 0.25) is 0 Å². The minimum atomic E-state index is -0.165. The number of fused-ring (bicyclic) bond motifs is 1. The zero-order valence-corrected chi connectivity index (χ0v) is 16.7. The van der Waals surface area contributed by atoms with Crippen molar-refractivity contribution in [3.8, 4) is 16.9 Å². The van der Waals surface area contributed by atoms with Gasteiger partial charge in [-0.2, -0.15) is 14.7 Å². The van der Waals surface area contributed by atoms with Crippen molar-refractivity contribution in [3.05, 3.63) is 92.6 Å². The molecule has 0 aliphatic carbocycles. The minimum Gasteiger partial charge on any atom is -0.266 e. The first-order chi connectivity index (χ1) is 14.1. The Morgan fingerprint density at radius 2 is 1.90 bits per heavy atom. The molecule has 3 aromatic heterocycles. The molecule has 7 heteroatoms. The number of aryl methyl sites for hydroxylation is 2. The normalized spacial score (nSPS) is 12.1. The Labute approximate surface area is 170 Å². The zero-order valence-electron chi connectivity index (χ0n) is 15.9. The Morgan fingerprint density at radius 1 is 1.07 bits per heavy atom. The molecule has 0 fully saturated rings. The fourth-order valence-corrected chi connectivity index (χ4v) is 4.20. The van der Waals surface area contributed by atoms with Crippen molar-refractivity contribution in [3.63, 3.8) is 0 Å². The van der Waals surface area contributed by atoms with Crippen LogP contribution in [0.5, 0.6) is 0 Å². The quantitative estimate of drug-likeness (QED) is 0.467. The lowest BCUT2D eigenvalue weighted by Crippen LogP contribution is -2.23. The number of nitrogens with zero attached hydrogens (tertiary/aromatic N) is 5. The Hall–Kier alpha value is -3.58. The summed E-state index contributed by atoms with van der Waals surface area (Å²) >= 11 is 1.33. The van der Waals surface area contributed by atoms with Crippen molar-refractivity contribution in [1.29, 1.82) is 0 Å². The van der Waals surface area contributed by atoms with E-state index in [1.54, 1.807) is 0 Å². The third kappa shape index (κ3) is 3.05. The van der Waals surface area contributed by atoms with Gasteiger partial charge in [-0.05, 0) is 43.7 Å². The summed E-state index contributed by atoms with van der Waals surface area (Å²) in [5.74, 6) is 0. The van der Waals surface area contributed by atoms with Gasteiger partial charge in [-0.1, -0.05) is 47.2 Å². The van der Waals surface area contributed by atoms with E-state index in [-0.39, 0.29) is 5.56 Å². The Balaban J connectivity index is 1.77. The lowest BCUT2D eigenvalue weighted by molar-refractivity contribution is 0.884. The molecule has 0 saturated heterocycles. The van der Waals surface area contributed by atoms with Gasteiger partial charge in [-0.3, -0.25) is 4.79 Å². The molecule has 0 amide bonds. The lowest BCUT2D eigenvalue weighted by atomic mass is 10.0. The van der Waals surface area contributed by atoms with Crippen LogP contribution in [0.1, 0.15) is 16.7 Å². The average Bonchev–Trinajstić information content (AvgIpc) is 3.42. The van der Waals surface area contributed by atoms with Crippen molar-refractivity contribution in [2.45, 2.75) is 13.8 Å². The van der Waals surface area contributed by atoms with E-state index < -0.39 is 0 Å². The van der Waals surface area contributed by atoms with Crippen LogP contribution >= 0.6 is 11.3 Å². The molecule has 0 radical (unpaired) electrons. The first-order valence-electron chi connectivity index (χ1n) is 9.17. The number of aromatic nitrogens is 5. The minimum absolute atomic E-state index is 0.165. The van der Waals surface area contributed by atoms with Gasteiger partial charge >= 0.3 is 0 Å². The van der Waals surface area contributed by atoms with Crippen molar-refractivity contribution < 1.29 is 0 Å². The summed E-state index contributed by atoms with van der Waals surface area (Å²) in [4.78, 5) is 17.4. The number of rotatable bonds is 3. The van der Waals surface area contributed by atoms with Gasteiger partial charge in [0.05, 0.1) is 10.2 Å². The Kier molecular flexibility index (Phi) is 4.10. The van der Waals surface area contributed by atoms with E-state index in [2.05, 4.69) is 42.1 Å². The molecular formula is C22H17N5OS. The van der Waals surface area contributed by atoms with Gasteiger partial charge in [-0.15, -0.1) is 0 Å². The van der Waals surface area contributed by atoms with Gasteiger partial charge in [-0.25, -0.2) is 9.67 Å². The molecule has 0 bridgehead atoms. The van der Waals surface area contributed by atoms with Crippen molar-refractivity contribution in [1.82, 2.24) is 24.4 Å². The van der Waals surface area contributed by atoms with Crippen LogP contribution in [0.25, 0.3) is 28.0 Å². The van der Waals surface area contributed by atoms with Crippen LogP contribution < -0.4 is 10.1 Å². The van der Waals surface area contributed by atoms with E-state index in [1.807, 2.05) is 47.3 Å². The summed E-state index contributed by atoms with van der Waals surface area (Å²) in [7, 11) is 0. The standard InChI is InChI=1S/C22H17N5OS/c1-14-8-9-15(2)18(10-14)20-16(12-26(25-20)17-6-4-3-5-7-17)11-19-21(28)27-22(29-19)23-13-24-27/h3-13H,1-2H3/b19-11-. The topological polar surface area (TPSA) is 65.1 Å². The molecular weight excluding hydrogens is 382 g/mol. The number of hydrogen-bond acceptors (Lipinski definition) is 5. The molecule has 0 unspecified atom stereocenters. The second-order valence-electron chi connectivity index (χ2n) is 6.90. The number of para-hydroxylation sites is 1. The lowest BCUT2D eigenvalue weighted by Gasteiger charge is -2.05.